The van der Waals surface area contributed by atoms with Crippen molar-refractivity contribution in [3.63, 3.8) is 0 Å². The Labute approximate surface area is 140 Å². The van der Waals surface area contributed by atoms with Crippen molar-refractivity contribution in [2.75, 3.05) is 6.61 Å². The Bertz CT molecular complexity index is 493. The van der Waals surface area contributed by atoms with Crippen LogP contribution in [-0.2, 0) is 0 Å². The van der Waals surface area contributed by atoms with Crippen LogP contribution in [0.3, 0.4) is 0 Å². The third-order valence-corrected chi connectivity index (χ3v) is 4.88. The lowest BCUT2D eigenvalue weighted by Crippen LogP contribution is -2.39. The molecule has 128 valence electrons. The predicted octanol–water partition coefficient (Wildman–Crippen LogP) is 4.81. The first-order valence-corrected chi connectivity index (χ1v) is 8.94. The first-order valence-electron chi connectivity index (χ1n) is 8.94. The third-order valence-electron chi connectivity index (χ3n) is 4.88. The Balaban J connectivity index is 1.83. The van der Waals surface area contributed by atoms with Crippen molar-refractivity contribution in [1.82, 2.24) is 5.32 Å². The molecule has 0 aromatic heterocycles. The normalized spacial score (nSPS) is 21.7. The van der Waals surface area contributed by atoms with E-state index < -0.39 is 0 Å². The number of carbonyl (C=O) groups is 1. The second-order valence-corrected chi connectivity index (χ2v) is 7.76. The number of nitrogens with one attached hydrogen (secondary N) is 1. The van der Waals surface area contributed by atoms with Gasteiger partial charge in [0.15, 0.2) is 0 Å². The molecule has 3 heteroatoms. The minimum Gasteiger partial charge on any atom is -0.494 e. The Morgan fingerprint density at radius 1 is 1.13 bits per heavy atom. The van der Waals surface area contributed by atoms with Gasteiger partial charge in [-0.3, -0.25) is 4.79 Å². The molecule has 1 fully saturated rings. The van der Waals surface area contributed by atoms with Crippen LogP contribution in [0.5, 0.6) is 5.75 Å². The van der Waals surface area contributed by atoms with Gasteiger partial charge in [0.05, 0.1) is 6.61 Å². The van der Waals surface area contributed by atoms with Gasteiger partial charge in [-0.25, -0.2) is 0 Å². The molecule has 3 nitrogen and oxygen atoms in total. The number of carbonyl (C=O) groups excluding carboxylic acids is 1. The number of rotatable bonds is 5. The zero-order valence-corrected chi connectivity index (χ0v) is 15.0. The number of hydrogen-bond donors (Lipinski definition) is 1. The second kappa shape index (κ2) is 7.85. The van der Waals surface area contributed by atoms with Gasteiger partial charge in [-0.05, 0) is 67.7 Å². The maximum Gasteiger partial charge on any atom is 0.251 e. The standard InChI is InChI=1S/C20H31NO2/c1-5-14-23-18-12-6-15(7-13-18)19(22)21-17-10-8-16(9-11-17)20(2,3)4/h6-7,12-13,16-17H,5,8-11,14H2,1-4H3,(H,21,22). The first kappa shape index (κ1) is 17.8. The summed E-state index contributed by atoms with van der Waals surface area (Å²) in [4.78, 5) is 12.4. The Kier molecular flexibility index (Phi) is 6.09. The van der Waals surface area contributed by atoms with E-state index >= 15 is 0 Å². The maximum absolute atomic E-state index is 12.4. The molecule has 1 aromatic carbocycles. The quantitative estimate of drug-likeness (QED) is 0.846. The third kappa shape index (κ3) is 5.26. The second-order valence-electron chi connectivity index (χ2n) is 7.76. The zero-order chi connectivity index (χ0) is 16.9. The largest absolute Gasteiger partial charge is 0.494 e. The molecule has 1 aliphatic rings. The van der Waals surface area contributed by atoms with Crippen molar-refractivity contribution in [2.45, 2.75) is 65.8 Å². The van der Waals surface area contributed by atoms with Gasteiger partial charge in [-0.1, -0.05) is 27.7 Å². The van der Waals surface area contributed by atoms with Crippen molar-refractivity contribution in [3.8, 4) is 5.75 Å². The smallest absolute Gasteiger partial charge is 0.251 e. The highest BCUT2D eigenvalue weighted by Gasteiger charge is 2.30. The van der Waals surface area contributed by atoms with Crippen LogP contribution < -0.4 is 10.1 Å². The highest BCUT2D eigenvalue weighted by Crippen LogP contribution is 2.37. The topological polar surface area (TPSA) is 38.3 Å². The zero-order valence-electron chi connectivity index (χ0n) is 15.0. The van der Waals surface area contributed by atoms with Crippen molar-refractivity contribution < 1.29 is 9.53 Å². The molecule has 1 saturated carbocycles. The molecule has 1 aromatic rings. The Morgan fingerprint density at radius 2 is 1.74 bits per heavy atom. The molecule has 0 unspecified atom stereocenters. The number of hydrogen-bond acceptors (Lipinski definition) is 2. The highest BCUT2D eigenvalue weighted by atomic mass is 16.5. The van der Waals surface area contributed by atoms with Gasteiger partial charge < -0.3 is 10.1 Å². The van der Waals surface area contributed by atoms with Gasteiger partial charge in [0.2, 0.25) is 0 Å². The lowest BCUT2D eigenvalue weighted by Gasteiger charge is -2.37. The molecule has 0 radical (unpaired) electrons. The Morgan fingerprint density at radius 3 is 2.26 bits per heavy atom. The number of benzene rings is 1. The monoisotopic (exact) mass is 317 g/mol. The highest BCUT2D eigenvalue weighted by molar-refractivity contribution is 5.94. The SMILES string of the molecule is CCCOc1ccc(C(=O)NC2CCC(C(C)(C)C)CC2)cc1. The lowest BCUT2D eigenvalue weighted by atomic mass is 9.71. The van der Waals surface area contributed by atoms with Crippen LogP contribution >= 0.6 is 0 Å². The van der Waals surface area contributed by atoms with Crippen molar-refractivity contribution >= 4 is 5.91 Å². The molecule has 23 heavy (non-hydrogen) atoms. The van der Waals surface area contributed by atoms with Crippen LogP contribution in [0.25, 0.3) is 0 Å². The molecule has 0 aliphatic heterocycles. The maximum atomic E-state index is 12.4. The minimum atomic E-state index is 0.0336. The van der Waals surface area contributed by atoms with Gasteiger partial charge in [-0.15, -0.1) is 0 Å². The summed E-state index contributed by atoms with van der Waals surface area (Å²) in [6.45, 7) is 9.75. The average molecular weight is 317 g/mol. The van der Waals surface area contributed by atoms with Gasteiger partial charge in [-0.2, -0.15) is 0 Å². The van der Waals surface area contributed by atoms with Crippen molar-refractivity contribution in [3.05, 3.63) is 29.8 Å². The van der Waals surface area contributed by atoms with Crippen LogP contribution in [0.1, 0.15) is 70.2 Å². The molecular weight excluding hydrogens is 286 g/mol. The minimum absolute atomic E-state index is 0.0336. The van der Waals surface area contributed by atoms with Crippen LogP contribution in [-0.4, -0.2) is 18.6 Å². The summed E-state index contributed by atoms with van der Waals surface area (Å²) >= 11 is 0. The molecule has 0 heterocycles. The summed E-state index contributed by atoms with van der Waals surface area (Å²) in [5.41, 5.74) is 1.09. The summed E-state index contributed by atoms with van der Waals surface area (Å²) in [6, 6.07) is 7.77. The van der Waals surface area contributed by atoms with Crippen LogP contribution in [0.2, 0.25) is 0 Å². The van der Waals surface area contributed by atoms with E-state index in [2.05, 4.69) is 33.0 Å². The van der Waals surface area contributed by atoms with E-state index in [9.17, 15) is 4.79 Å². The Hall–Kier alpha value is -1.51. The fourth-order valence-corrected chi connectivity index (χ4v) is 3.29. The van der Waals surface area contributed by atoms with Crippen LogP contribution in [0.4, 0.5) is 0 Å². The number of amides is 1. The predicted molar refractivity (Wildman–Crippen MR) is 94.9 cm³/mol. The van der Waals surface area contributed by atoms with Crippen molar-refractivity contribution in [1.29, 1.82) is 0 Å². The summed E-state index contributed by atoms with van der Waals surface area (Å²) in [6.07, 6.45) is 5.58. The molecule has 1 N–H and O–H groups in total. The summed E-state index contributed by atoms with van der Waals surface area (Å²) in [5, 5.41) is 3.19. The van der Waals surface area contributed by atoms with E-state index in [1.807, 2.05) is 24.3 Å². The van der Waals surface area contributed by atoms with E-state index in [4.69, 9.17) is 4.74 Å². The molecule has 1 amide bonds. The van der Waals surface area contributed by atoms with Gasteiger partial charge >= 0.3 is 0 Å². The molecular formula is C20H31NO2. The summed E-state index contributed by atoms with van der Waals surface area (Å²) < 4.78 is 5.55. The summed E-state index contributed by atoms with van der Waals surface area (Å²) in [5.74, 6) is 1.63. The van der Waals surface area contributed by atoms with Crippen LogP contribution in [0.15, 0.2) is 24.3 Å². The van der Waals surface area contributed by atoms with Gasteiger partial charge in [0, 0.05) is 11.6 Å². The van der Waals surface area contributed by atoms with E-state index in [1.165, 1.54) is 12.8 Å². The van der Waals surface area contributed by atoms with E-state index in [0.717, 1.165) is 30.9 Å². The van der Waals surface area contributed by atoms with E-state index in [-0.39, 0.29) is 5.91 Å². The van der Waals surface area contributed by atoms with Crippen molar-refractivity contribution in [2.24, 2.45) is 11.3 Å². The fourth-order valence-electron chi connectivity index (χ4n) is 3.29. The molecule has 1 aliphatic carbocycles. The van der Waals surface area contributed by atoms with Gasteiger partial charge in [0.1, 0.15) is 5.75 Å². The van der Waals surface area contributed by atoms with E-state index in [0.29, 0.717) is 23.6 Å². The lowest BCUT2D eigenvalue weighted by molar-refractivity contribution is 0.0904. The van der Waals surface area contributed by atoms with Gasteiger partial charge in [0.25, 0.3) is 5.91 Å². The average Bonchev–Trinajstić information content (AvgIpc) is 2.53. The molecule has 0 bridgehead atoms. The summed E-state index contributed by atoms with van der Waals surface area (Å²) in [7, 11) is 0. The number of ether oxygens (including phenoxy) is 1. The van der Waals surface area contributed by atoms with E-state index in [1.54, 1.807) is 0 Å². The molecule has 0 spiro atoms. The fraction of sp³-hybridized carbons (Fsp3) is 0.650. The first-order chi connectivity index (χ1) is 10.9. The molecule has 2 rings (SSSR count). The van der Waals surface area contributed by atoms with Crippen LogP contribution in [0, 0.1) is 11.3 Å². The molecule has 0 saturated heterocycles. The molecule has 0 atom stereocenters.